The Morgan fingerprint density at radius 3 is 3.12 bits per heavy atom. The van der Waals surface area contributed by atoms with Crippen molar-refractivity contribution in [2.45, 2.75) is 25.4 Å². The van der Waals surface area contributed by atoms with Crippen LogP contribution in [-0.4, -0.2) is 39.3 Å². The second-order valence-corrected chi connectivity index (χ2v) is 6.65. The van der Waals surface area contributed by atoms with Crippen molar-refractivity contribution >= 4 is 11.6 Å². The summed E-state index contributed by atoms with van der Waals surface area (Å²) >= 11 is 0. The molecule has 122 valence electrons. The van der Waals surface area contributed by atoms with Gasteiger partial charge in [-0.3, -0.25) is 0 Å². The summed E-state index contributed by atoms with van der Waals surface area (Å²) in [6, 6.07) is 10.7. The second kappa shape index (κ2) is 5.01. The minimum Gasteiger partial charge on any atom is -0.367 e. The second-order valence-electron chi connectivity index (χ2n) is 6.65. The van der Waals surface area contributed by atoms with Crippen molar-refractivity contribution in [1.29, 1.82) is 0 Å². The molecule has 1 atom stereocenters. The fourth-order valence-corrected chi connectivity index (χ4v) is 4.08. The predicted molar refractivity (Wildman–Crippen MR) is 90.1 cm³/mol. The SMILES string of the molecule is Cc1cc(N2CCOC3(CCc4ccccc43)C2)n2ncnc2n1. The van der Waals surface area contributed by atoms with Crippen LogP contribution in [0.15, 0.2) is 36.7 Å². The van der Waals surface area contributed by atoms with E-state index in [1.165, 1.54) is 11.1 Å². The Morgan fingerprint density at radius 2 is 2.17 bits per heavy atom. The number of morpholine rings is 1. The molecule has 6 nitrogen and oxygen atoms in total. The first-order valence-corrected chi connectivity index (χ1v) is 8.40. The van der Waals surface area contributed by atoms with E-state index in [2.05, 4.69) is 50.3 Å². The molecule has 1 spiro atoms. The number of anilines is 1. The first-order valence-electron chi connectivity index (χ1n) is 8.40. The van der Waals surface area contributed by atoms with Crippen molar-refractivity contribution in [3.05, 3.63) is 53.5 Å². The molecule has 1 unspecified atom stereocenters. The lowest BCUT2D eigenvalue weighted by molar-refractivity contribution is -0.0595. The molecule has 1 aromatic carbocycles. The van der Waals surface area contributed by atoms with Crippen molar-refractivity contribution < 1.29 is 4.74 Å². The lowest BCUT2D eigenvalue weighted by Gasteiger charge is -2.42. The largest absolute Gasteiger partial charge is 0.367 e. The van der Waals surface area contributed by atoms with Gasteiger partial charge >= 0.3 is 0 Å². The number of hydrogen-bond donors (Lipinski definition) is 0. The molecule has 1 aliphatic carbocycles. The van der Waals surface area contributed by atoms with E-state index in [1.807, 2.05) is 11.4 Å². The number of aromatic nitrogens is 4. The van der Waals surface area contributed by atoms with Crippen molar-refractivity contribution in [2.75, 3.05) is 24.6 Å². The van der Waals surface area contributed by atoms with E-state index in [9.17, 15) is 0 Å². The molecule has 0 saturated carbocycles. The first kappa shape index (κ1) is 13.9. The first-order chi connectivity index (χ1) is 11.8. The van der Waals surface area contributed by atoms with E-state index >= 15 is 0 Å². The van der Waals surface area contributed by atoms with Gasteiger partial charge in [-0.05, 0) is 30.9 Å². The van der Waals surface area contributed by atoms with Gasteiger partial charge < -0.3 is 9.64 Å². The molecule has 2 aliphatic rings. The Bertz CT molecular complexity index is 917. The number of fused-ring (bicyclic) bond motifs is 3. The molecule has 5 rings (SSSR count). The Kier molecular flexibility index (Phi) is 2.91. The quantitative estimate of drug-likeness (QED) is 0.687. The van der Waals surface area contributed by atoms with Crippen molar-refractivity contribution in [3.8, 4) is 0 Å². The van der Waals surface area contributed by atoms with Crippen LogP contribution in [0.4, 0.5) is 5.82 Å². The van der Waals surface area contributed by atoms with Gasteiger partial charge in [-0.15, -0.1) is 0 Å². The lowest BCUT2D eigenvalue weighted by atomic mass is 9.93. The molecular weight excluding hydrogens is 302 g/mol. The number of aryl methyl sites for hydroxylation is 2. The van der Waals surface area contributed by atoms with E-state index in [0.29, 0.717) is 12.4 Å². The highest BCUT2D eigenvalue weighted by atomic mass is 16.5. The van der Waals surface area contributed by atoms with Crippen molar-refractivity contribution in [2.24, 2.45) is 0 Å². The topological polar surface area (TPSA) is 55.6 Å². The molecule has 3 heterocycles. The van der Waals surface area contributed by atoms with Crippen LogP contribution < -0.4 is 4.90 Å². The highest BCUT2D eigenvalue weighted by Gasteiger charge is 2.43. The third-order valence-corrected chi connectivity index (χ3v) is 5.18. The smallest absolute Gasteiger partial charge is 0.254 e. The number of ether oxygens (including phenoxy) is 1. The fourth-order valence-electron chi connectivity index (χ4n) is 4.08. The maximum atomic E-state index is 6.33. The third-order valence-electron chi connectivity index (χ3n) is 5.18. The van der Waals surface area contributed by atoms with Gasteiger partial charge in [-0.2, -0.15) is 14.6 Å². The molecule has 0 N–H and O–H groups in total. The van der Waals surface area contributed by atoms with E-state index < -0.39 is 0 Å². The maximum absolute atomic E-state index is 6.33. The minimum absolute atomic E-state index is 0.209. The molecule has 1 saturated heterocycles. The van der Waals surface area contributed by atoms with Gasteiger partial charge in [0.2, 0.25) is 0 Å². The van der Waals surface area contributed by atoms with E-state index in [4.69, 9.17) is 4.74 Å². The highest BCUT2D eigenvalue weighted by Crippen LogP contribution is 2.42. The fraction of sp³-hybridized carbons (Fsp3) is 0.389. The standard InChI is InChI=1S/C18H19N5O/c1-13-10-16(23-17(21-13)19-12-20-23)22-8-9-24-18(11-22)7-6-14-4-2-3-5-15(14)18/h2-5,10,12H,6-9,11H2,1H3. The summed E-state index contributed by atoms with van der Waals surface area (Å²) in [5.74, 6) is 1.69. The summed E-state index contributed by atoms with van der Waals surface area (Å²) in [6.45, 7) is 4.40. The van der Waals surface area contributed by atoms with Crippen LogP contribution in [0.3, 0.4) is 0 Å². The summed E-state index contributed by atoms with van der Waals surface area (Å²) in [7, 11) is 0. The van der Waals surface area contributed by atoms with E-state index in [-0.39, 0.29) is 5.60 Å². The summed E-state index contributed by atoms with van der Waals surface area (Å²) in [5, 5.41) is 4.35. The average molecular weight is 321 g/mol. The summed E-state index contributed by atoms with van der Waals surface area (Å²) in [5.41, 5.74) is 3.50. The van der Waals surface area contributed by atoms with Crippen LogP contribution in [0.2, 0.25) is 0 Å². The zero-order valence-electron chi connectivity index (χ0n) is 13.6. The van der Waals surface area contributed by atoms with Crippen LogP contribution in [0.1, 0.15) is 23.2 Å². The Balaban J connectivity index is 1.58. The predicted octanol–water partition coefficient (Wildman–Crippen LogP) is 2.11. The zero-order valence-corrected chi connectivity index (χ0v) is 13.6. The third kappa shape index (κ3) is 1.96. The molecule has 0 amide bonds. The maximum Gasteiger partial charge on any atom is 0.254 e. The molecule has 24 heavy (non-hydrogen) atoms. The van der Waals surface area contributed by atoms with Gasteiger partial charge in [0.25, 0.3) is 5.78 Å². The summed E-state index contributed by atoms with van der Waals surface area (Å²) in [6.07, 6.45) is 3.68. The number of benzene rings is 1. The number of rotatable bonds is 1. The monoisotopic (exact) mass is 321 g/mol. The molecule has 2 aromatic heterocycles. The van der Waals surface area contributed by atoms with E-state index in [0.717, 1.165) is 37.4 Å². The van der Waals surface area contributed by atoms with Gasteiger partial charge in [0.1, 0.15) is 17.7 Å². The van der Waals surface area contributed by atoms with Gasteiger partial charge in [0.05, 0.1) is 13.2 Å². The Hall–Kier alpha value is -2.47. The average Bonchev–Trinajstić information content (AvgIpc) is 3.20. The normalized spacial score (nSPS) is 23.1. The van der Waals surface area contributed by atoms with Gasteiger partial charge in [0.15, 0.2) is 0 Å². The molecule has 1 aliphatic heterocycles. The molecule has 0 radical (unpaired) electrons. The van der Waals surface area contributed by atoms with Gasteiger partial charge in [-0.25, -0.2) is 4.98 Å². The van der Waals surface area contributed by atoms with Crippen LogP contribution in [0.5, 0.6) is 0 Å². The Morgan fingerprint density at radius 1 is 1.25 bits per heavy atom. The number of nitrogens with zero attached hydrogens (tertiary/aromatic N) is 5. The van der Waals surface area contributed by atoms with Gasteiger partial charge in [0, 0.05) is 18.3 Å². The van der Waals surface area contributed by atoms with Gasteiger partial charge in [-0.1, -0.05) is 24.3 Å². The molecule has 1 fully saturated rings. The zero-order chi connectivity index (χ0) is 16.1. The summed E-state index contributed by atoms with van der Waals surface area (Å²) < 4.78 is 8.15. The molecule has 0 bridgehead atoms. The minimum atomic E-state index is -0.209. The lowest BCUT2D eigenvalue weighted by Crippen LogP contribution is -2.49. The summed E-state index contributed by atoms with van der Waals surface area (Å²) in [4.78, 5) is 11.1. The molecule has 6 heteroatoms. The van der Waals surface area contributed by atoms with E-state index in [1.54, 1.807) is 6.33 Å². The van der Waals surface area contributed by atoms with Crippen LogP contribution in [0.25, 0.3) is 5.78 Å². The highest BCUT2D eigenvalue weighted by molar-refractivity contribution is 5.49. The molecule has 3 aromatic rings. The van der Waals surface area contributed by atoms with Crippen LogP contribution >= 0.6 is 0 Å². The van der Waals surface area contributed by atoms with Crippen LogP contribution in [-0.2, 0) is 16.8 Å². The molecular formula is C18H19N5O. The Labute approximate surface area is 140 Å². The van der Waals surface area contributed by atoms with Crippen molar-refractivity contribution in [3.63, 3.8) is 0 Å². The number of hydrogen-bond acceptors (Lipinski definition) is 5. The van der Waals surface area contributed by atoms with Crippen molar-refractivity contribution in [1.82, 2.24) is 19.6 Å². The van der Waals surface area contributed by atoms with Crippen LogP contribution in [0, 0.1) is 6.92 Å².